The van der Waals surface area contributed by atoms with E-state index in [0.717, 1.165) is 19.5 Å². The first-order valence-electron chi connectivity index (χ1n) is 8.41. The molecule has 1 amide bonds. The summed E-state index contributed by atoms with van der Waals surface area (Å²) in [5, 5.41) is 3.03. The lowest BCUT2D eigenvalue weighted by atomic mass is 10.2. The Bertz CT molecular complexity index is 720. The zero-order chi connectivity index (χ0) is 18.2. The number of nitrogens with zero attached hydrogens (tertiary/aromatic N) is 3. The summed E-state index contributed by atoms with van der Waals surface area (Å²) in [4.78, 5) is 23.1. The first-order chi connectivity index (χ1) is 12.1. The van der Waals surface area contributed by atoms with Crippen LogP contribution in [0.2, 0.25) is 5.02 Å². The zero-order valence-corrected chi connectivity index (χ0v) is 15.5. The summed E-state index contributed by atoms with van der Waals surface area (Å²) in [5.41, 5.74) is 0.726. The van der Waals surface area contributed by atoms with Crippen LogP contribution in [-0.2, 0) is 0 Å². The van der Waals surface area contributed by atoms with Crippen LogP contribution in [0.3, 0.4) is 0 Å². The van der Waals surface area contributed by atoms with Gasteiger partial charge in [0.25, 0.3) is 5.91 Å². The second kappa shape index (κ2) is 9.22. The number of benzene rings is 1. The molecule has 0 atom stereocenters. The first kappa shape index (κ1) is 19.0. The van der Waals surface area contributed by atoms with Gasteiger partial charge in [-0.05, 0) is 32.4 Å². The number of anilines is 2. The lowest BCUT2D eigenvalue weighted by Crippen LogP contribution is -2.25. The van der Waals surface area contributed by atoms with Gasteiger partial charge in [-0.25, -0.2) is 9.97 Å². The number of ether oxygens (including phenoxy) is 1. The Morgan fingerprint density at radius 3 is 2.64 bits per heavy atom. The average Bonchev–Trinajstić information content (AvgIpc) is 2.63. The molecule has 1 heterocycles. The molecule has 6 nitrogen and oxygen atoms in total. The molecule has 2 rings (SSSR count). The molecule has 0 aliphatic rings. The van der Waals surface area contributed by atoms with Gasteiger partial charge in [0, 0.05) is 13.1 Å². The first-order valence-corrected chi connectivity index (χ1v) is 8.79. The van der Waals surface area contributed by atoms with E-state index in [1.165, 1.54) is 6.20 Å². The summed E-state index contributed by atoms with van der Waals surface area (Å²) in [6, 6.07) is 7.28. The molecule has 0 saturated carbocycles. The lowest BCUT2D eigenvalue weighted by molar-refractivity contribution is 0.102. The summed E-state index contributed by atoms with van der Waals surface area (Å²) in [6.07, 6.45) is 2.34. The van der Waals surface area contributed by atoms with E-state index in [1.54, 1.807) is 6.07 Å². The molecule has 0 aliphatic carbocycles. The Hall–Kier alpha value is -2.34. The van der Waals surface area contributed by atoms with E-state index in [4.69, 9.17) is 16.3 Å². The number of nitrogens with one attached hydrogen (secondary N) is 1. The van der Waals surface area contributed by atoms with Gasteiger partial charge >= 0.3 is 0 Å². The van der Waals surface area contributed by atoms with Gasteiger partial charge in [0.05, 0.1) is 23.5 Å². The molecule has 0 bridgehead atoms. The standard InChI is InChI=1S/C18H23ClN4O2/c1-4-11-25-15-10-8-7-9-14(15)21-17(24)16-13(19)12-20-18(22-16)23(5-2)6-3/h7-10,12H,4-6,11H2,1-3H3,(H,21,24). The third kappa shape index (κ3) is 4.82. The predicted octanol–water partition coefficient (Wildman–Crippen LogP) is 4.02. The normalized spacial score (nSPS) is 10.4. The van der Waals surface area contributed by atoms with Crippen LogP contribution in [0, 0.1) is 0 Å². The Balaban J connectivity index is 2.25. The molecule has 0 unspecified atom stereocenters. The largest absolute Gasteiger partial charge is 0.491 e. The molecular formula is C18H23ClN4O2. The van der Waals surface area contributed by atoms with Crippen LogP contribution in [0.25, 0.3) is 0 Å². The summed E-state index contributed by atoms with van der Waals surface area (Å²) in [6.45, 7) is 8.09. The molecule has 25 heavy (non-hydrogen) atoms. The van der Waals surface area contributed by atoms with Gasteiger partial charge in [0.2, 0.25) is 5.95 Å². The van der Waals surface area contributed by atoms with Crippen molar-refractivity contribution in [3.63, 3.8) is 0 Å². The van der Waals surface area contributed by atoms with Crippen molar-refractivity contribution >= 4 is 29.1 Å². The van der Waals surface area contributed by atoms with Crippen LogP contribution in [0.1, 0.15) is 37.7 Å². The van der Waals surface area contributed by atoms with Crippen molar-refractivity contribution in [1.82, 2.24) is 9.97 Å². The van der Waals surface area contributed by atoms with E-state index in [0.29, 0.717) is 24.0 Å². The highest BCUT2D eigenvalue weighted by Crippen LogP contribution is 2.25. The van der Waals surface area contributed by atoms with Crippen LogP contribution in [0.5, 0.6) is 5.75 Å². The highest BCUT2D eigenvalue weighted by Gasteiger charge is 2.17. The highest BCUT2D eigenvalue weighted by atomic mass is 35.5. The number of carbonyl (C=O) groups excluding carboxylic acids is 1. The highest BCUT2D eigenvalue weighted by molar-refractivity contribution is 6.34. The summed E-state index contributed by atoms with van der Waals surface area (Å²) in [7, 11) is 0. The Kier molecular flexibility index (Phi) is 7.01. The van der Waals surface area contributed by atoms with E-state index >= 15 is 0 Å². The molecule has 1 aromatic heterocycles. The predicted molar refractivity (Wildman–Crippen MR) is 101 cm³/mol. The monoisotopic (exact) mass is 362 g/mol. The molecular weight excluding hydrogens is 340 g/mol. The molecule has 7 heteroatoms. The van der Waals surface area contributed by atoms with E-state index in [2.05, 4.69) is 15.3 Å². The van der Waals surface area contributed by atoms with Crippen molar-refractivity contribution in [1.29, 1.82) is 0 Å². The van der Waals surface area contributed by atoms with E-state index < -0.39 is 5.91 Å². The SMILES string of the molecule is CCCOc1ccccc1NC(=O)c1nc(N(CC)CC)ncc1Cl. The van der Waals surface area contributed by atoms with E-state index in [9.17, 15) is 4.79 Å². The third-order valence-electron chi connectivity index (χ3n) is 3.59. The molecule has 0 radical (unpaired) electrons. The second-order valence-electron chi connectivity index (χ2n) is 5.34. The molecule has 0 saturated heterocycles. The number of aromatic nitrogens is 2. The van der Waals surface area contributed by atoms with Gasteiger partial charge in [-0.15, -0.1) is 0 Å². The maximum atomic E-state index is 12.7. The van der Waals surface area contributed by atoms with Gasteiger partial charge in [-0.1, -0.05) is 30.7 Å². The Labute approximate surface area is 153 Å². The van der Waals surface area contributed by atoms with Crippen LogP contribution in [-0.4, -0.2) is 35.6 Å². The van der Waals surface area contributed by atoms with Crippen molar-refractivity contribution in [3.05, 3.63) is 41.2 Å². The Morgan fingerprint density at radius 2 is 1.96 bits per heavy atom. The van der Waals surface area contributed by atoms with Crippen LogP contribution in [0.4, 0.5) is 11.6 Å². The second-order valence-corrected chi connectivity index (χ2v) is 5.74. The Morgan fingerprint density at radius 1 is 1.24 bits per heavy atom. The summed E-state index contributed by atoms with van der Waals surface area (Å²) < 4.78 is 5.66. The molecule has 0 fully saturated rings. The van der Waals surface area contributed by atoms with Crippen molar-refractivity contribution in [3.8, 4) is 5.75 Å². The fourth-order valence-electron chi connectivity index (χ4n) is 2.27. The molecule has 0 aliphatic heterocycles. The average molecular weight is 363 g/mol. The van der Waals surface area contributed by atoms with Crippen molar-refractivity contribution < 1.29 is 9.53 Å². The number of hydrogen-bond acceptors (Lipinski definition) is 5. The molecule has 0 spiro atoms. The minimum atomic E-state index is -0.395. The van der Waals surface area contributed by atoms with Crippen LogP contribution >= 0.6 is 11.6 Å². The molecule has 134 valence electrons. The fraction of sp³-hybridized carbons (Fsp3) is 0.389. The third-order valence-corrected chi connectivity index (χ3v) is 3.87. The minimum absolute atomic E-state index is 0.142. The van der Waals surface area contributed by atoms with Crippen molar-refractivity contribution in [2.75, 3.05) is 29.9 Å². The molecule has 1 aromatic carbocycles. The van der Waals surface area contributed by atoms with Gasteiger partial charge in [0.15, 0.2) is 5.69 Å². The lowest BCUT2D eigenvalue weighted by Gasteiger charge is -2.19. The van der Waals surface area contributed by atoms with Crippen LogP contribution < -0.4 is 15.0 Å². The quantitative estimate of drug-likeness (QED) is 0.768. The minimum Gasteiger partial charge on any atom is -0.491 e. The number of hydrogen-bond donors (Lipinski definition) is 1. The maximum absolute atomic E-state index is 12.7. The fourth-order valence-corrected chi connectivity index (χ4v) is 2.44. The summed E-state index contributed by atoms with van der Waals surface area (Å²) >= 11 is 6.14. The van der Waals surface area contributed by atoms with E-state index in [1.807, 2.05) is 43.9 Å². The number of amides is 1. The van der Waals surface area contributed by atoms with Crippen LogP contribution in [0.15, 0.2) is 30.5 Å². The van der Waals surface area contributed by atoms with Gasteiger partial charge in [-0.2, -0.15) is 0 Å². The maximum Gasteiger partial charge on any atom is 0.276 e. The number of halogens is 1. The summed E-state index contributed by atoms with van der Waals surface area (Å²) in [5.74, 6) is 0.704. The molecule has 2 aromatic rings. The van der Waals surface area contributed by atoms with Crippen molar-refractivity contribution in [2.45, 2.75) is 27.2 Å². The number of para-hydroxylation sites is 2. The number of rotatable bonds is 8. The van der Waals surface area contributed by atoms with Gasteiger partial charge < -0.3 is 15.0 Å². The number of carbonyl (C=O) groups is 1. The van der Waals surface area contributed by atoms with Crippen molar-refractivity contribution in [2.24, 2.45) is 0 Å². The van der Waals surface area contributed by atoms with Gasteiger partial charge in [-0.3, -0.25) is 4.79 Å². The zero-order valence-electron chi connectivity index (χ0n) is 14.8. The smallest absolute Gasteiger partial charge is 0.276 e. The topological polar surface area (TPSA) is 67.3 Å². The van der Waals surface area contributed by atoms with E-state index in [-0.39, 0.29) is 10.7 Å². The van der Waals surface area contributed by atoms with Gasteiger partial charge in [0.1, 0.15) is 5.75 Å². The molecule has 1 N–H and O–H groups in total.